The molecular weight excluding hydrogens is 290 g/mol. The Bertz CT molecular complexity index is 687. The van der Waals surface area contributed by atoms with Crippen LogP contribution in [0.3, 0.4) is 0 Å². The first kappa shape index (κ1) is 15.1. The number of halogens is 1. The second kappa shape index (κ2) is 6.93. The number of aromatic nitrogens is 2. The number of aromatic amines is 1. The van der Waals surface area contributed by atoms with Gasteiger partial charge in [-0.15, -0.1) is 0 Å². The van der Waals surface area contributed by atoms with Crippen LogP contribution in [0.1, 0.15) is 21.5 Å². The Morgan fingerprint density at radius 2 is 2.33 bits per heavy atom. The van der Waals surface area contributed by atoms with E-state index >= 15 is 0 Å². The highest BCUT2D eigenvalue weighted by Gasteiger charge is 2.13. The molecule has 0 saturated heterocycles. The number of carbonyl (C=O) groups excluding carboxylic acids is 1. The molecule has 0 unspecified atom stereocenters. The lowest BCUT2D eigenvalue weighted by molar-refractivity contribution is 0.0785. The zero-order chi connectivity index (χ0) is 15.2. The molecule has 0 radical (unpaired) electrons. The van der Waals surface area contributed by atoms with Crippen molar-refractivity contribution in [3.8, 4) is 11.8 Å². The quantitative estimate of drug-likeness (QED) is 0.848. The third-order valence-electron chi connectivity index (χ3n) is 2.84. The number of hydrogen-bond acceptors (Lipinski definition) is 3. The Hall–Kier alpha value is -2.29. The first-order valence-corrected chi connectivity index (χ1v) is 6.62. The molecule has 0 fully saturated rings. The average molecular weight is 304 g/mol. The third-order valence-corrected chi connectivity index (χ3v) is 3.15. The molecule has 0 bridgehead atoms. The van der Waals surface area contributed by atoms with E-state index in [2.05, 4.69) is 22.0 Å². The summed E-state index contributed by atoms with van der Waals surface area (Å²) < 4.78 is 0. The van der Waals surface area contributed by atoms with Crippen molar-refractivity contribution in [3.63, 3.8) is 0 Å². The van der Waals surface area contributed by atoms with Gasteiger partial charge in [0.15, 0.2) is 0 Å². The van der Waals surface area contributed by atoms with E-state index in [4.69, 9.17) is 16.7 Å². The van der Waals surface area contributed by atoms with Gasteiger partial charge in [0, 0.05) is 36.5 Å². The molecule has 5 nitrogen and oxygen atoms in total. The van der Waals surface area contributed by atoms with Gasteiger partial charge in [-0.2, -0.15) is 5.10 Å². The predicted molar refractivity (Wildman–Crippen MR) is 79.8 cm³/mol. The highest BCUT2D eigenvalue weighted by molar-refractivity contribution is 6.32. The second-order valence-electron chi connectivity index (χ2n) is 4.42. The summed E-state index contributed by atoms with van der Waals surface area (Å²) in [4.78, 5) is 13.9. The minimum Gasteiger partial charge on any atom is -0.384 e. The molecule has 6 heteroatoms. The Morgan fingerprint density at radius 3 is 2.95 bits per heavy atom. The summed E-state index contributed by atoms with van der Waals surface area (Å²) in [7, 11) is 1.71. The first-order valence-electron chi connectivity index (χ1n) is 6.24. The van der Waals surface area contributed by atoms with Crippen LogP contribution in [0.15, 0.2) is 30.6 Å². The number of amides is 1. The fourth-order valence-electron chi connectivity index (χ4n) is 1.81. The van der Waals surface area contributed by atoms with Crippen LogP contribution in [0.2, 0.25) is 5.02 Å². The minimum atomic E-state index is -0.232. The molecule has 0 saturated carbocycles. The number of H-pyrrole nitrogens is 1. The zero-order valence-electron chi connectivity index (χ0n) is 11.4. The van der Waals surface area contributed by atoms with Gasteiger partial charge >= 0.3 is 0 Å². The fraction of sp³-hybridized carbons (Fsp3) is 0.200. The molecular formula is C15H14ClN3O2. The van der Waals surface area contributed by atoms with Crippen molar-refractivity contribution in [2.75, 3.05) is 13.7 Å². The lowest BCUT2D eigenvalue weighted by Gasteiger charge is -2.16. The van der Waals surface area contributed by atoms with E-state index in [0.717, 1.165) is 5.56 Å². The Kier molecular flexibility index (Phi) is 4.99. The maximum absolute atomic E-state index is 12.3. The summed E-state index contributed by atoms with van der Waals surface area (Å²) >= 11 is 6.09. The first-order chi connectivity index (χ1) is 10.1. The van der Waals surface area contributed by atoms with Crippen molar-refractivity contribution in [3.05, 3.63) is 52.3 Å². The van der Waals surface area contributed by atoms with Crippen LogP contribution >= 0.6 is 11.6 Å². The summed E-state index contributed by atoms with van der Waals surface area (Å²) in [5.74, 6) is 5.11. The standard InChI is InChI=1S/C15H14ClN3O2/c1-19(10-11-8-17-18-9-11)15(21)13-5-4-12(3-2-6-20)14(16)7-13/h4-5,7-9,20H,6,10H2,1H3,(H,17,18). The van der Waals surface area contributed by atoms with E-state index in [1.165, 1.54) is 0 Å². The molecule has 108 valence electrons. The van der Waals surface area contributed by atoms with E-state index in [-0.39, 0.29) is 12.5 Å². The predicted octanol–water partition coefficient (Wildman–Crippen LogP) is 1.68. The van der Waals surface area contributed by atoms with Crippen molar-refractivity contribution in [1.29, 1.82) is 0 Å². The van der Waals surface area contributed by atoms with Crippen molar-refractivity contribution < 1.29 is 9.90 Å². The number of nitrogens with one attached hydrogen (secondary N) is 1. The molecule has 1 heterocycles. The van der Waals surface area contributed by atoms with E-state index in [1.54, 1.807) is 42.5 Å². The van der Waals surface area contributed by atoms with Gasteiger partial charge in [-0.25, -0.2) is 0 Å². The van der Waals surface area contributed by atoms with E-state index < -0.39 is 0 Å². The van der Waals surface area contributed by atoms with Crippen LogP contribution in [0.5, 0.6) is 0 Å². The molecule has 1 aromatic heterocycles. The molecule has 0 aliphatic rings. The molecule has 21 heavy (non-hydrogen) atoms. The van der Waals surface area contributed by atoms with Gasteiger partial charge < -0.3 is 10.0 Å². The van der Waals surface area contributed by atoms with Gasteiger partial charge in [0.05, 0.1) is 11.2 Å². The minimum absolute atomic E-state index is 0.139. The van der Waals surface area contributed by atoms with Gasteiger partial charge in [-0.05, 0) is 18.2 Å². The van der Waals surface area contributed by atoms with Gasteiger partial charge in [-0.3, -0.25) is 9.89 Å². The number of nitrogens with zero attached hydrogens (tertiary/aromatic N) is 2. The Balaban J connectivity index is 2.14. The number of aliphatic hydroxyl groups is 1. The molecule has 0 atom stereocenters. The molecule has 2 rings (SSSR count). The highest BCUT2D eigenvalue weighted by Crippen LogP contribution is 2.18. The number of benzene rings is 1. The van der Waals surface area contributed by atoms with E-state index in [9.17, 15) is 4.79 Å². The van der Waals surface area contributed by atoms with Gasteiger partial charge in [-0.1, -0.05) is 23.4 Å². The SMILES string of the molecule is CN(Cc1cn[nH]c1)C(=O)c1ccc(C#CCO)c(Cl)c1. The molecule has 1 aromatic carbocycles. The lowest BCUT2D eigenvalue weighted by atomic mass is 10.1. The second-order valence-corrected chi connectivity index (χ2v) is 4.83. The normalized spacial score (nSPS) is 9.86. The number of rotatable bonds is 3. The zero-order valence-corrected chi connectivity index (χ0v) is 12.2. The number of hydrogen-bond donors (Lipinski definition) is 2. The Labute approximate surface area is 127 Å². The van der Waals surface area contributed by atoms with E-state index in [1.807, 2.05) is 0 Å². The van der Waals surface area contributed by atoms with E-state index in [0.29, 0.717) is 22.7 Å². The summed E-state index contributed by atoms with van der Waals surface area (Å²) in [5, 5.41) is 15.6. The molecule has 2 N–H and O–H groups in total. The van der Waals surface area contributed by atoms with Crippen LogP contribution in [-0.2, 0) is 6.54 Å². The van der Waals surface area contributed by atoms with Crippen LogP contribution in [0.25, 0.3) is 0 Å². The molecule has 0 aliphatic carbocycles. The largest absolute Gasteiger partial charge is 0.384 e. The molecule has 0 spiro atoms. The topological polar surface area (TPSA) is 69.2 Å². The van der Waals surface area contributed by atoms with Gasteiger partial charge in [0.25, 0.3) is 5.91 Å². The molecule has 0 aliphatic heterocycles. The van der Waals surface area contributed by atoms with Crippen molar-refractivity contribution in [2.24, 2.45) is 0 Å². The maximum atomic E-state index is 12.3. The van der Waals surface area contributed by atoms with Crippen molar-refractivity contribution in [1.82, 2.24) is 15.1 Å². The van der Waals surface area contributed by atoms with Crippen LogP contribution < -0.4 is 0 Å². The summed E-state index contributed by atoms with van der Waals surface area (Å²) in [6, 6.07) is 4.92. The Morgan fingerprint density at radius 1 is 1.52 bits per heavy atom. The summed E-state index contributed by atoms with van der Waals surface area (Å²) in [5.41, 5.74) is 1.99. The van der Waals surface area contributed by atoms with Crippen LogP contribution in [0, 0.1) is 11.8 Å². The third kappa shape index (κ3) is 3.85. The highest BCUT2D eigenvalue weighted by atomic mass is 35.5. The number of carbonyl (C=O) groups is 1. The van der Waals surface area contributed by atoms with Gasteiger partial charge in [0.1, 0.15) is 6.61 Å². The molecule has 1 amide bonds. The van der Waals surface area contributed by atoms with Crippen LogP contribution in [0.4, 0.5) is 0 Å². The van der Waals surface area contributed by atoms with Crippen molar-refractivity contribution >= 4 is 17.5 Å². The lowest BCUT2D eigenvalue weighted by Crippen LogP contribution is -2.26. The molecule has 2 aromatic rings. The maximum Gasteiger partial charge on any atom is 0.253 e. The average Bonchev–Trinajstić information content (AvgIpc) is 2.98. The van der Waals surface area contributed by atoms with Gasteiger partial charge in [0.2, 0.25) is 0 Å². The van der Waals surface area contributed by atoms with Crippen LogP contribution in [-0.4, -0.2) is 39.8 Å². The fourth-order valence-corrected chi connectivity index (χ4v) is 2.04. The summed E-state index contributed by atoms with van der Waals surface area (Å²) in [6.45, 7) is 0.226. The van der Waals surface area contributed by atoms with Crippen molar-refractivity contribution in [2.45, 2.75) is 6.54 Å². The smallest absolute Gasteiger partial charge is 0.253 e. The monoisotopic (exact) mass is 303 g/mol. The number of aliphatic hydroxyl groups excluding tert-OH is 1. The summed E-state index contributed by atoms with van der Waals surface area (Å²) in [6.07, 6.45) is 3.41.